The lowest BCUT2D eigenvalue weighted by atomic mass is 10.0. The van der Waals surface area contributed by atoms with E-state index in [4.69, 9.17) is 4.98 Å². The molecule has 0 atom stereocenters. The number of thiol groups is 1. The Balaban J connectivity index is 1.75. The summed E-state index contributed by atoms with van der Waals surface area (Å²) in [7, 11) is -1.69. The average molecular weight is 390 g/mol. The van der Waals surface area contributed by atoms with Gasteiger partial charge >= 0.3 is 0 Å². The van der Waals surface area contributed by atoms with Crippen LogP contribution in [0.1, 0.15) is 16.8 Å². The molecule has 0 saturated carbocycles. The molecule has 0 unspecified atom stereocenters. The van der Waals surface area contributed by atoms with Crippen molar-refractivity contribution in [3.05, 3.63) is 64.5 Å². The van der Waals surface area contributed by atoms with Crippen LogP contribution in [0.2, 0.25) is 0 Å². The van der Waals surface area contributed by atoms with Gasteiger partial charge in [-0.1, -0.05) is 30.8 Å². The molecule has 0 bridgehead atoms. The molecule has 0 aliphatic rings. The van der Waals surface area contributed by atoms with E-state index in [1.807, 2.05) is 0 Å². The van der Waals surface area contributed by atoms with Crippen LogP contribution < -0.4 is 0 Å². The maximum Gasteiger partial charge on any atom is 0.134 e. The fourth-order valence-corrected chi connectivity index (χ4v) is 5.98. The minimum Gasteiger partial charge on any atom is -0.272 e. The average Bonchev–Trinajstić information content (AvgIpc) is 3.14. The zero-order chi connectivity index (χ0) is 18.3. The Morgan fingerprint density at radius 1 is 1.04 bits per heavy atom. The summed E-state index contributed by atoms with van der Waals surface area (Å²) in [5.41, 5.74) is 4.71. The molecular formula is C21H27NS3. The molecule has 0 fully saturated rings. The molecule has 25 heavy (non-hydrogen) atoms. The number of allylic oxidation sites excluding steroid dienone is 1. The Labute approximate surface area is 159 Å². The minimum absolute atomic E-state index is 0.851. The molecule has 2 aromatic heterocycles. The number of hydrogen-bond donors (Lipinski definition) is 1. The third kappa shape index (κ3) is 4.25. The van der Waals surface area contributed by atoms with Crippen LogP contribution in [0.3, 0.4) is 0 Å². The predicted octanol–water partition coefficient (Wildman–Crippen LogP) is 6.39. The van der Waals surface area contributed by atoms with Crippen molar-refractivity contribution in [3.63, 3.8) is 0 Å². The predicted molar refractivity (Wildman–Crippen MR) is 120 cm³/mol. The van der Waals surface area contributed by atoms with E-state index in [0.29, 0.717) is 0 Å². The zero-order valence-electron chi connectivity index (χ0n) is 15.7. The third-order valence-electron chi connectivity index (χ3n) is 4.31. The zero-order valence-corrected chi connectivity index (χ0v) is 18.2. The molecule has 4 heteroatoms. The quantitative estimate of drug-likeness (QED) is 0.499. The van der Waals surface area contributed by atoms with E-state index in [9.17, 15) is 0 Å². The topological polar surface area (TPSA) is 12.9 Å². The van der Waals surface area contributed by atoms with Gasteiger partial charge in [-0.3, -0.25) is 9.16 Å². The van der Waals surface area contributed by atoms with Gasteiger partial charge in [-0.2, -0.15) is 0 Å². The summed E-state index contributed by atoms with van der Waals surface area (Å²) in [6.45, 7) is 6.42. The van der Waals surface area contributed by atoms with Gasteiger partial charge in [-0.15, -0.1) is 22.7 Å². The third-order valence-corrected chi connectivity index (χ3v) is 8.69. The highest BCUT2D eigenvalue weighted by molar-refractivity contribution is 8.47. The summed E-state index contributed by atoms with van der Waals surface area (Å²) in [5, 5.41) is 5.36. The van der Waals surface area contributed by atoms with Crippen molar-refractivity contribution in [1.29, 1.82) is 0 Å². The monoisotopic (exact) mass is 389 g/mol. The van der Waals surface area contributed by atoms with Crippen molar-refractivity contribution in [2.45, 2.75) is 18.2 Å². The first-order chi connectivity index (χ1) is 11.6. The van der Waals surface area contributed by atoms with Gasteiger partial charge in [-0.05, 0) is 71.4 Å². The first-order valence-electron chi connectivity index (χ1n) is 8.38. The van der Waals surface area contributed by atoms with E-state index < -0.39 is 9.16 Å². The highest BCUT2D eigenvalue weighted by Gasteiger charge is 2.21. The molecule has 0 N–H and O–H groups in total. The second-order valence-corrected chi connectivity index (χ2v) is 17.9. The highest BCUT2D eigenvalue weighted by Crippen LogP contribution is 2.63. The second kappa shape index (κ2) is 6.42. The SMILES string of the molecule is C=C(Cc1ccc([SH](C)(C)(C)C)cc1)c1csc(-c2sccc2C)n1. The molecule has 1 nitrogen and oxygen atoms in total. The Hall–Kier alpha value is -1.36. The molecule has 3 aromatic rings. The summed E-state index contributed by atoms with van der Waals surface area (Å²) in [6.07, 6.45) is 10.4. The number of hydrogen-bond acceptors (Lipinski definition) is 3. The van der Waals surface area contributed by atoms with Gasteiger partial charge in [0, 0.05) is 5.38 Å². The van der Waals surface area contributed by atoms with Crippen molar-refractivity contribution in [3.8, 4) is 9.88 Å². The molecule has 0 radical (unpaired) electrons. The molecule has 0 spiro atoms. The van der Waals surface area contributed by atoms with Gasteiger partial charge in [0.1, 0.15) is 5.01 Å². The van der Waals surface area contributed by atoms with Crippen LogP contribution in [0.25, 0.3) is 15.5 Å². The van der Waals surface area contributed by atoms with Crippen molar-refractivity contribution in [2.75, 3.05) is 25.0 Å². The summed E-state index contributed by atoms with van der Waals surface area (Å²) in [6, 6.07) is 11.2. The largest absolute Gasteiger partial charge is 0.272 e. The fourth-order valence-electron chi connectivity index (χ4n) is 2.68. The maximum absolute atomic E-state index is 4.81. The highest BCUT2D eigenvalue weighted by atomic mass is 32.3. The number of aryl methyl sites for hydroxylation is 1. The number of thiophene rings is 1. The molecule has 2 heterocycles. The number of thiazole rings is 1. The van der Waals surface area contributed by atoms with Crippen LogP contribution in [-0.4, -0.2) is 30.0 Å². The van der Waals surface area contributed by atoms with Crippen LogP contribution in [0, 0.1) is 6.92 Å². The van der Waals surface area contributed by atoms with Gasteiger partial charge in [-0.25, -0.2) is 4.98 Å². The normalized spacial score (nSPS) is 13.4. The lowest BCUT2D eigenvalue weighted by Crippen LogP contribution is -2.10. The summed E-state index contributed by atoms with van der Waals surface area (Å²) in [5.74, 6) is 0. The van der Waals surface area contributed by atoms with E-state index in [1.165, 1.54) is 20.9 Å². The summed E-state index contributed by atoms with van der Waals surface area (Å²) < 4.78 is 0. The smallest absolute Gasteiger partial charge is 0.134 e. The first-order valence-corrected chi connectivity index (χ1v) is 14.2. The van der Waals surface area contributed by atoms with Crippen LogP contribution in [0.15, 0.2) is 52.6 Å². The molecule has 134 valence electrons. The van der Waals surface area contributed by atoms with E-state index >= 15 is 0 Å². The lowest BCUT2D eigenvalue weighted by molar-refractivity contribution is 1.22. The van der Waals surface area contributed by atoms with E-state index in [1.54, 1.807) is 22.7 Å². The van der Waals surface area contributed by atoms with E-state index in [0.717, 1.165) is 22.7 Å². The van der Waals surface area contributed by atoms with Gasteiger partial charge in [0.25, 0.3) is 0 Å². The van der Waals surface area contributed by atoms with Gasteiger partial charge in [0.15, 0.2) is 0 Å². The van der Waals surface area contributed by atoms with Crippen LogP contribution in [-0.2, 0) is 6.42 Å². The Morgan fingerprint density at radius 3 is 2.28 bits per heavy atom. The molecule has 0 amide bonds. The van der Waals surface area contributed by atoms with Crippen LogP contribution >= 0.6 is 31.8 Å². The van der Waals surface area contributed by atoms with Crippen molar-refractivity contribution < 1.29 is 0 Å². The van der Waals surface area contributed by atoms with E-state index in [2.05, 4.69) is 79.6 Å². The Bertz CT molecular complexity index is 895. The molecule has 0 aliphatic carbocycles. The first kappa shape index (κ1) is 18.4. The van der Waals surface area contributed by atoms with Crippen molar-refractivity contribution in [1.82, 2.24) is 4.98 Å². The molecule has 0 saturated heterocycles. The summed E-state index contributed by atoms with van der Waals surface area (Å²) in [4.78, 5) is 7.56. The summed E-state index contributed by atoms with van der Waals surface area (Å²) >= 11 is 3.47. The maximum atomic E-state index is 4.81. The standard InChI is InChI=1S/C21H27NS3/c1-15-11-12-23-20(15)21-22-19(14-24-21)16(2)13-17-7-9-18(10-8-17)25(3,4,5)6/h7-12,14,25H,2,13H2,1,3-6H3. The second-order valence-electron chi connectivity index (χ2n) is 8.50. The van der Waals surface area contributed by atoms with Gasteiger partial charge in [0.2, 0.25) is 0 Å². The molecular weight excluding hydrogens is 362 g/mol. The number of rotatable bonds is 5. The van der Waals surface area contributed by atoms with E-state index in [-0.39, 0.29) is 0 Å². The number of aromatic nitrogens is 1. The van der Waals surface area contributed by atoms with Crippen LogP contribution in [0.4, 0.5) is 0 Å². The van der Waals surface area contributed by atoms with Gasteiger partial charge in [0.05, 0.1) is 10.6 Å². The number of benzene rings is 1. The van der Waals surface area contributed by atoms with Crippen molar-refractivity contribution >= 4 is 37.4 Å². The Morgan fingerprint density at radius 2 is 1.72 bits per heavy atom. The molecule has 0 aliphatic heterocycles. The minimum atomic E-state index is -1.69. The number of nitrogens with zero attached hydrogens (tertiary/aromatic N) is 1. The fraction of sp³-hybridized carbons (Fsp3) is 0.286. The lowest BCUT2D eigenvalue weighted by Gasteiger charge is -2.47. The van der Waals surface area contributed by atoms with Gasteiger partial charge < -0.3 is 0 Å². The molecule has 3 rings (SSSR count). The van der Waals surface area contributed by atoms with Crippen LogP contribution in [0.5, 0.6) is 0 Å². The van der Waals surface area contributed by atoms with Crippen molar-refractivity contribution in [2.24, 2.45) is 0 Å². The Kier molecular flexibility index (Phi) is 4.73. The molecule has 1 aromatic carbocycles.